The van der Waals surface area contributed by atoms with Gasteiger partial charge in [-0.15, -0.1) is 0 Å². The van der Waals surface area contributed by atoms with Crippen LogP contribution in [0.1, 0.15) is 0 Å². The van der Waals surface area contributed by atoms with E-state index in [1.807, 2.05) is 0 Å². The molecule has 4 N–H and O–H groups in total. The van der Waals surface area contributed by atoms with Gasteiger partial charge >= 0.3 is 10.4 Å². The van der Waals surface area contributed by atoms with Crippen LogP contribution in [0.5, 0.6) is 11.5 Å². The van der Waals surface area contributed by atoms with Crippen molar-refractivity contribution in [3.63, 3.8) is 0 Å². The first-order valence-electron chi connectivity index (χ1n) is 2.97. The fourth-order valence-corrected chi connectivity index (χ4v) is 0.464. The van der Waals surface area contributed by atoms with E-state index in [1.54, 1.807) is 12.1 Å². The van der Waals surface area contributed by atoms with Gasteiger partial charge in [0.15, 0.2) is 11.5 Å². The van der Waals surface area contributed by atoms with E-state index in [4.69, 9.17) is 27.7 Å². The van der Waals surface area contributed by atoms with Gasteiger partial charge in [-0.3, -0.25) is 9.11 Å². The van der Waals surface area contributed by atoms with E-state index < -0.39 is 10.4 Å². The molecule has 13 heavy (non-hydrogen) atoms. The first kappa shape index (κ1) is 11.7. The quantitative estimate of drug-likeness (QED) is 0.363. The van der Waals surface area contributed by atoms with Gasteiger partial charge in [0.05, 0.1) is 0 Å². The molecule has 0 atom stereocenters. The molecule has 1 aromatic rings. The van der Waals surface area contributed by atoms with Crippen molar-refractivity contribution in [3.05, 3.63) is 24.3 Å². The topological polar surface area (TPSA) is 115 Å². The molecule has 0 saturated carbocycles. The Morgan fingerprint density at radius 2 is 1.15 bits per heavy atom. The third-order valence-corrected chi connectivity index (χ3v) is 0.882. The number of para-hydroxylation sites is 2. The van der Waals surface area contributed by atoms with Gasteiger partial charge in [0.1, 0.15) is 0 Å². The summed E-state index contributed by atoms with van der Waals surface area (Å²) in [7, 11) is -4.67. The molecule has 0 bridgehead atoms. The van der Waals surface area contributed by atoms with Crippen LogP contribution in [-0.2, 0) is 10.4 Å². The number of phenols is 2. The fourth-order valence-electron chi connectivity index (χ4n) is 0.464. The van der Waals surface area contributed by atoms with Gasteiger partial charge in [-0.1, -0.05) is 12.1 Å². The van der Waals surface area contributed by atoms with Crippen molar-refractivity contribution in [3.8, 4) is 11.5 Å². The van der Waals surface area contributed by atoms with E-state index in [0.29, 0.717) is 0 Å². The van der Waals surface area contributed by atoms with Gasteiger partial charge in [-0.25, -0.2) is 0 Å². The summed E-state index contributed by atoms with van der Waals surface area (Å²) in [6.45, 7) is 0. The molecule has 0 saturated heterocycles. The van der Waals surface area contributed by atoms with Crippen LogP contribution in [0.4, 0.5) is 0 Å². The van der Waals surface area contributed by atoms with E-state index >= 15 is 0 Å². The van der Waals surface area contributed by atoms with Crippen molar-refractivity contribution in [1.29, 1.82) is 0 Å². The number of rotatable bonds is 0. The fraction of sp³-hybridized carbons (Fsp3) is 0. The molecular formula is C6H8O6S. The highest BCUT2D eigenvalue weighted by atomic mass is 32.3. The standard InChI is InChI=1S/C6H6O2.H2O4S/c7-5-3-1-2-4-6(5)8;1-5(2,3)4/h1-4,7-8H;(H2,1,2,3,4). The van der Waals surface area contributed by atoms with Crippen LogP contribution < -0.4 is 0 Å². The van der Waals surface area contributed by atoms with Crippen molar-refractivity contribution in [1.82, 2.24) is 0 Å². The van der Waals surface area contributed by atoms with Crippen LogP contribution in [0.2, 0.25) is 0 Å². The smallest absolute Gasteiger partial charge is 0.394 e. The maximum absolute atomic E-state index is 8.74. The molecule has 7 heteroatoms. The van der Waals surface area contributed by atoms with Gasteiger partial charge in [0.2, 0.25) is 0 Å². The Labute approximate surface area is 74.7 Å². The molecule has 0 fully saturated rings. The molecule has 1 aromatic carbocycles. The maximum Gasteiger partial charge on any atom is 0.394 e. The van der Waals surface area contributed by atoms with Crippen molar-refractivity contribution < 1.29 is 27.7 Å². The van der Waals surface area contributed by atoms with Crippen molar-refractivity contribution in [2.75, 3.05) is 0 Å². The second kappa shape index (κ2) is 4.65. The number of benzene rings is 1. The van der Waals surface area contributed by atoms with Gasteiger partial charge in [0.25, 0.3) is 0 Å². The van der Waals surface area contributed by atoms with Crippen LogP contribution in [-0.4, -0.2) is 27.7 Å². The predicted octanol–water partition coefficient (Wildman–Crippen LogP) is 0.445. The summed E-state index contributed by atoms with van der Waals surface area (Å²) < 4.78 is 31.6. The minimum Gasteiger partial charge on any atom is -0.504 e. The minimum absolute atomic E-state index is 0.0764. The predicted molar refractivity (Wildman–Crippen MR) is 43.9 cm³/mol. The third-order valence-electron chi connectivity index (χ3n) is 0.882. The summed E-state index contributed by atoms with van der Waals surface area (Å²) >= 11 is 0. The highest BCUT2D eigenvalue weighted by molar-refractivity contribution is 7.79. The van der Waals surface area contributed by atoms with Crippen LogP contribution in [0.25, 0.3) is 0 Å². The zero-order valence-corrected chi connectivity index (χ0v) is 7.14. The highest BCUT2D eigenvalue weighted by Gasteiger charge is 1.90. The molecule has 0 aliphatic carbocycles. The lowest BCUT2D eigenvalue weighted by Gasteiger charge is -1.91. The van der Waals surface area contributed by atoms with Gasteiger partial charge in [0, 0.05) is 0 Å². The minimum atomic E-state index is -4.67. The molecule has 0 aliphatic heterocycles. The Balaban J connectivity index is 0.000000252. The Morgan fingerprint density at radius 1 is 0.923 bits per heavy atom. The first-order valence-corrected chi connectivity index (χ1v) is 4.37. The molecule has 0 aliphatic rings. The summed E-state index contributed by atoms with van der Waals surface area (Å²) in [6, 6.07) is 6.15. The van der Waals surface area contributed by atoms with Crippen LogP contribution in [0, 0.1) is 0 Å². The van der Waals surface area contributed by atoms with E-state index in [9.17, 15) is 0 Å². The lowest BCUT2D eigenvalue weighted by Crippen LogP contribution is -1.89. The first-order chi connectivity index (χ1) is 5.80. The van der Waals surface area contributed by atoms with Crippen molar-refractivity contribution >= 4 is 10.4 Å². The molecule has 0 heterocycles. The lowest BCUT2D eigenvalue weighted by atomic mass is 10.3. The van der Waals surface area contributed by atoms with E-state index in [1.165, 1.54) is 12.1 Å². The van der Waals surface area contributed by atoms with Crippen LogP contribution in [0.15, 0.2) is 24.3 Å². The average molecular weight is 208 g/mol. The second-order valence-corrected chi connectivity index (χ2v) is 2.83. The molecule has 0 unspecified atom stereocenters. The summed E-state index contributed by atoms with van der Waals surface area (Å²) in [5.74, 6) is -0.153. The Bertz CT molecular complexity index is 328. The van der Waals surface area contributed by atoms with E-state index in [0.717, 1.165) is 0 Å². The van der Waals surface area contributed by atoms with Gasteiger partial charge < -0.3 is 10.2 Å². The third kappa shape index (κ3) is 8.60. The maximum atomic E-state index is 8.74. The Hall–Kier alpha value is -1.31. The van der Waals surface area contributed by atoms with Crippen LogP contribution in [0.3, 0.4) is 0 Å². The van der Waals surface area contributed by atoms with Crippen LogP contribution >= 0.6 is 0 Å². The van der Waals surface area contributed by atoms with E-state index in [-0.39, 0.29) is 11.5 Å². The monoisotopic (exact) mass is 208 g/mol. The van der Waals surface area contributed by atoms with E-state index in [2.05, 4.69) is 0 Å². The van der Waals surface area contributed by atoms with Crippen molar-refractivity contribution in [2.24, 2.45) is 0 Å². The van der Waals surface area contributed by atoms with Gasteiger partial charge in [-0.05, 0) is 12.1 Å². The highest BCUT2D eigenvalue weighted by Crippen LogP contribution is 2.21. The molecular weight excluding hydrogens is 200 g/mol. The average Bonchev–Trinajstić information content (AvgIpc) is 1.92. The number of aromatic hydroxyl groups is 2. The molecule has 0 aromatic heterocycles. The molecule has 1 rings (SSSR count). The number of hydrogen-bond donors (Lipinski definition) is 4. The second-order valence-electron chi connectivity index (χ2n) is 1.94. The molecule has 74 valence electrons. The Kier molecular flexibility index (Phi) is 4.18. The zero-order chi connectivity index (χ0) is 10.5. The Morgan fingerprint density at radius 3 is 1.31 bits per heavy atom. The molecule has 0 amide bonds. The summed E-state index contributed by atoms with van der Waals surface area (Å²) in [6.07, 6.45) is 0. The SMILES string of the molecule is O=S(=O)(O)O.Oc1ccccc1O. The summed E-state index contributed by atoms with van der Waals surface area (Å²) in [4.78, 5) is 0. The molecule has 6 nitrogen and oxygen atoms in total. The normalized spacial score (nSPS) is 10.0. The lowest BCUT2D eigenvalue weighted by molar-refractivity contribution is 0.381. The number of phenolic OH excluding ortho intramolecular Hbond substituents is 2. The molecule has 0 radical (unpaired) electrons. The van der Waals surface area contributed by atoms with Crippen molar-refractivity contribution in [2.45, 2.75) is 0 Å². The van der Waals surface area contributed by atoms with Gasteiger partial charge in [-0.2, -0.15) is 8.42 Å². The molecule has 0 spiro atoms. The zero-order valence-electron chi connectivity index (χ0n) is 6.32. The summed E-state index contributed by atoms with van der Waals surface area (Å²) in [5, 5.41) is 17.3. The largest absolute Gasteiger partial charge is 0.504 e. The number of hydrogen-bond acceptors (Lipinski definition) is 4. The summed E-state index contributed by atoms with van der Waals surface area (Å²) in [5.41, 5.74) is 0.